The second-order valence-corrected chi connectivity index (χ2v) is 7.36. The molecule has 2 nitrogen and oxygen atoms in total. The first-order valence-electron chi connectivity index (χ1n) is 5.28. The lowest BCUT2D eigenvalue weighted by atomic mass is 10.1. The second-order valence-electron chi connectivity index (χ2n) is 4.25. The van der Waals surface area contributed by atoms with E-state index in [9.17, 15) is 9.36 Å². The van der Waals surface area contributed by atoms with Crippen LogP contribution in [0.4, 0.5) is 0 Å². The van der Waals surface area contributed by atoms with Crippen LogP contribution in [0, 0.1) is 5.92 Å². The Bertz CT molecular complexity index is 411. The Hall–Kier alpha value is -0.880. The van der Waals surface area contributed by atoms with Gasteiger partial charge in [0, 0.05) is 30.0 Å². The normalized spacial score (nSPS) is 31.5. The third-order valence-corrected chi connectivity index (χ3v) is 6.39. The number of Topliss-reactive ketones (excluding diaryl/α,β-unsaturated/α-hetero) is 1. The summed E-state index contributed by atoms with van der Waals surface area (Å²) in [6.45, 7) is 1.89. The van der Waals surface area contributed by atoms with Gasteiger partial charge >= 0.3 is 0 Å². The molecule has 1 saturated heterocycles. The van der Waals surface area contributed by atoms with Gasteiger partial charge in [0.25, 0.3) is 0 Å². The van der Waals surface area contributed by atoms with E-state index in [4.69, 9.17) is 0 Å². The van der Waals surface area contributed by atoms with Gasteiger partial charge in [-0.2, -0.15) is 0 Å². The number of ketones is 1. The van der Waals surface area contributed by atoms with E-state index in [0.29, 0.717) is 18.7 Å². The number of carbonyl (C=O) groups is 1. The maximum Gasteiger partial charge on any atom is 0.136 e. The highest BCUT2D eigenvalue weighted by molar-refractivity contribution is 7.71. The molecule has 0 amide bonds. The summed E-state index contributed by atoms with van der Waals surface area (Å²) in [5, 5.41) is 0.935. The Morgan fingerprint density at radius 1 is 1.27 bits per heavy atom. The summed E-state index contributed by atoms with van der Waals surface area (Å²) in [5.41, 5.74) is 0. The van der Waals surface area contributed by atoms with Crippen molar-refractivity contribution in [3.8, 4) is 0 Å². The van der Waals surface area contributed by atoms with Crippen LogP contribution in [-0.2, 0) is 9.36 Å². The van der Waals surface area contributed by atoms with Crippen LogP contribution in [0.1, 0.15) is 13.3 Å². The van der Waals surface area contributed by atoms with Crippen LogP contribution in [0.5, 0.6) is 0 Å². The highest BCUT2D eigenvalue weighted by Crippen LogP contribution is 2.49. The van der Waals surface area contributed by atoms with Gasteiger partial charge in [-0.05, 0) is 0 Å². The first kappa shape index (κ1) is 10.6. The van der Waals surface area contributed by atoms with Gasteiger partial charge in [0.15, 0.2) is 0 Å². The molecule has 0 bridgehead atoms. The van der Waals surface area contributed by atoms with Gasteiger partial charge in [-0.1, -0.05) is 37.3 Å². The van der Waals surface area contributed by atoms with Gasteiger partial charge in [0.2, 0.25) is 0 Å². The number of hydrogen-bond acceptors (Lipinski definition) is 2. The van der Waals surface area contributed by atoms with Crippen LogP contribution in [0.2, 0.25) is 0 Å². The van der Waals surface area contributed by atoms with Crippen LogP contribution in [0.15, 0.2) is 30.3 Å². The van der Waals surface area contributed by atoms with Crippen molar-refractivity contribution in [2.75, 3.05) is 12.3 Å². The number of rotatable bonds is 1. The Labute approximate surface area is 90.1 Å². The van der Waals surface area contributed by atoms with E-state index >= 15 is 0 Å². The average Bonchev–Trinajstić information content (AvgIpc) is 2.26. The predicted octanol–water partition coefficient (Wildman–Crippen LogP) is 2.28. The highest BCUT2D eigenvalue weighted by atomic mass is 31.2. The number of hydrogen-bond donors (Lipinski definition) is 0. The quantitative estimate of drug-likeness (QED) is 0.683. The average molecular weight is 222 g/mol. The molecule has 1 aromatic carbocycles. The molecule has 0 radical (unpaired) electrons. The Kier molecular flexibility index (Phi) is 2.79. The third kappa shape index (κ3) is 2.05. The first-order chi connectivity index (χ1) is 7.12. The molecule has 1 aromatic rings. The molecule has 1 aliphatic rings. The minimum atomic E-state index is -2.28. The van der Waals surface area contributed by atoms with Crippen molar-refractivity contribution < 1.29 is 9.36 Å². The topological polar surface area (TPSA) is 34.1 Å². The molecule has 0 spiro atoms. The van der Waals surface area contributed by atoms with Gasteiger partial charge in [-0.3, -0.25) is 4.79 Å². The van der Waals surface area contributed by atoms with Crippen molar-refractivity contribution >= 4 is 18.2 Å². The summed E-state index contributed by atoms with van der Waals surface area (Å²) in [5.74, 6) is 0.224. The molecule has 2 rings (SSSR count). The molecule has 0 N–H and O–H groups in total. The summed E-state index contributed by atoms with van der Waals surface area (Å²) in [4.78, 5) is 11.4. The van der Waals surface area contributed by atoms with Crippen LogP contribution in [-0.4, -0.2) is 18.1 Å². The van der Waals surface area contributed by atoms with Crippen molar-refractivity contribution in [1.29, 1.82) is 0 Å². The molecule has 3 heteroatoms. The van der Waals surface area contributed by atoms with Crippen LogP contribution in [0.25, 0.3) is 0 Å². The molecule has 2 atom stereocenters. The van der Waals surface area contributed by atoms with E-state index in [1.165, 1.54) is 0 Å². The third-order valence-electron chi connectivity index (χ3n) is 3.06. The molecular weight excluding hydrogens is 207 g/mol. The maximum absolute atomic E-state index is 12.6. The molecule has 0 aromatic heterocycles. The summed E-state index contributed by atoms with van der Waals surface area (Å²) in [6.07, 6.45) is 1.59. The zero-order valence-electron chi connectivity index (χ0n) is 8.85. The fraction of sp³-hybridized carbons (Fsp3) is 0.417. The summed E-state index contributed by atoms with van der Waals surface area (Å²) in [7, 11) is -2.28. The van der Waals surface area contributed by atoms with Crippen LogP contribution in [0.3, 0.4) is 0 Å². The minimum Gasteiger partial charge on any atom is -0.319 e. The Balaban J connectivity index is 2.29. The van der Waals surface area contributed by atoms with E-state index < -0.39 is 7.14 Å². The van der Waals surface area contributed by atoms with E-state index in [-0.39, 0.29) is 11.7 Å². The predicted molar refractivity (Wildman–Crippen MR) is 62.2 cm³/mol. The van der Waals surface area contributed by atoms with Crippen molar-refractivity contribution in [2.45, 2.75) is 13.3 Å². The second kappa shape index (κ2) is 3.94. The summed E-state index contributed by atoms with van der Waals surface area (Å²) in [6, 6.07) is 9.59. The standard InChI is InChI=1S/C12H15O2P/c1-10-9-15(14,8-7-12(10)13)11-5-3-2-4-6-11/h2-6,10H,7-9H2,1H3/t10-,15-/m1/s1. The highest BCUT2D eigenvalue weighted by Gasteiger charge is 2.34. The number of benzene rings is 1. The van der Waals surface area contributed by atoms with Gasteiger partial charge < -0.3 is 4.57 Å². The molecule has 1 heterocycles. The molecule has 0 saturated carbocycles. The lowest BCUT2D eigenvalue weighted by Crippen LogP contribution is -2.27. The Morgan fingerprint density at radius 3 is 2.53 bits per heavy atom. The molecular formula is C12H15O2P. The Morgan fingerprint density at radius 2 is 1.93 bits per heavy atom. The van der Waals surface area contributed by atoms with E-state index in [1.54, 1.807) is 0 Å². The smallest absolute Gasteiger partial charge is 0.136 e. The fourth-order valence-corrected chi connectivity index (χ4v) is 5.14. The van der Waals surface area contributed by atoms with Crippen molar-refractivity contribution in [2.24, 2.45) is 5.92 Å². The van der Waals surface area contributed by atoms with Gasteiger partial charge in [-0.15, -0.1) is 0 Å². The monoisotopic (exact) mass is 222 g/mol. The largest absolute Gasteiger partial charge is 0.319 e. The molecule has 1 fully saturated rings. The van der Waals surface area contributed by atoms with Gasteiger partial charge in [0.05, 0.1) is 0 Å². The van der Waals surface area contributed by atoms with E-state index in [0.717, 1.165) is 5.30 Å². The van der Waals surface area contributed by atoms with Crippen molar-refractivity contribution in [1.82, 2.24) is 0 Å². The van der Waals surface area contributed by atoms with Crippen LogP contribution >= 0.6 is 7.14 Å². The summed E-state index contributed by atoms with van der Waals surface area (Å²) < 4.78 is 12.6. The molecule has 0 unspecified atom stereocenters. The van der Waals surface area contributed by atoms with Crippen molar-refractivity contribution in [3.63, 3.8) is 0 Å². The van der Waals surface area contributed by atoms with Gasteiger partial charge in [0.1, 0.15) is 12.9 Å². The van der Waals surface area contributed by atoms with Crippen LogP contribution < -0.4 is 5.30 Å². The van der Waals surface area contributed by atoms with Gasteiger partial charge in [-0.25, -0.2) is 0 Å². The SMILES string of the molecule is C[C@@H]1C[P@@](=O)(c2ccccc2)CCC1=O. The molecule has 0 aliphatic carbocycles. The molecule has 15 heavy (non-hydrogen) atoms. The summed E-state index contributed by atoms with van der Waals surface area (Å²) >= 11 is 0. The lowest BCUT2D eigenvalue weighted by Gasteiger charge is -2.26. The minimum absolute atomic E-state index is 0.0372. The number of carbonyl (C=O) groups excluding carboxylic acids is 1. The molecule has 80 valence electrons. The fourth-order valence-electron chi connectivity index (χ4n) is 2.11. The molecule has 1 aliphatic heterocycles. The van der Waals surface area contributed by atoms with E-state index in [1.807, 2.05) is 37.3 Å². The maximum atomic E-state index is 12.6. The lowest BCUT2D eigenvalue weighted by molar-refractivity contribution is -0.121. The zero-order valence-corrected chi connectivity index (χ0v) is 9.74. The van der Waals surface area contributed by atoms with E-state index in [2.05, 4.69) is 0 Å². The first-order valence-corrected chi connectivity index (χ1v) is 7.36. The van der Waals surface area contributed by atoms with Crippen molar-refractivity contribution in [3.05, 3.63) is 30.3 Å². The zero-order chi connectivity index (χ0) is 10.9.